The number of benzene rings is 1. The summed E-state index contributed by atoms with van der Waals surface area (Å²) in [6, 6.07) is 5.52. The normalized spacial score (nSPS) is 21.2. The van der Waals surface area contributed by atoms with E-state index in [9.17, 15) is 4.39 Å². The minimum absolute atomic E-state index is 0.228. The Kier molecular flexibility index (Phi) is 3.89. The lowest BCUT2D eigenvalue weighted by Crippen LogP contribution is -2.41. The fraction of sp³-hybridized carbons (Fsp3) is 0.467. The molecule has 1 aromatic heterocycles. The summed E-state index contributed by atoms with van der Waals surface area (Å²) in [6.07, 6.45) is 4.06. The summed E-state index contributed by atoms with van der Waals surface area (Å²) in [7, 11) is 0. The quantitative estimate of drug-likeness (QED) is 0.944. The number of hydrogen-bond donors (Lipinski definition) is 1. The van der Waals surface area contributed by atoms with Crippen LogP contribution in [-0.2, 0) is 0 Å². The number of rotatable bonds is 3. The Balaban J connectivity index is 1.79. The van der Waals surface area contributed by atoms with Crippen molar-refractivity contribution in [1.29, 1.82) is 0 Å². The van der Waals surface area contributed by atoms with Crippen LogP contribution in [0.5, 0.6) is 0 Å². The number of hydrogen-bond acceptors (Lipinski definition) is 4. The highest BCUT2D eigenvalue weighted by Crippen LogP contribution is 2.36. The maximum absolute atomic E-state index is 14.2. The molecule has 0 radical (unpaired) electrons. The van der Waals surface area contributed by atoms with Crippen LogP contribution < -0.4 is 5.32 Å². The van der Waals surface area contributed by atoms with Crippen LogP contribution >= 0.6 is 11.8 Å². The molecule has 0 aliphatic carbocycles. The maximum Gasteiger partial charge on any atom is 0.150 e. The van der Waals surface area contributed by atoms with Crippen molar-refractivity contribution in [2.75, 3.05) is 16.8 Å². The van der Waals surface area contributed by atoms with Crippen LogP contribution in [0.3, 0.4) is 0 Å². The molecule has 2 heterocycles. The van der Waals surface area contributed by atoms with Crippen LogP contribution in [0.25, 0.3) is 5.69 Å². The lowest BCUT2D eigenvalue weighted by Gasteiger charge is -2.39. The molecule has 0 amide bonds. The largest absolute Gasteiger partial charge is 0.381 e. The Morgan fingerprint density at radius 3 is 2.95 bits per heavy atom. The second-order valence-electron chi connectivity index (χ2n) is 6.02. The van der Waals surface area contributed by atoms with Crippen molar-refractivity contribution in [2.45, 2.75) is 26.3 Å². The third kappa shape index (κ3) is 3.05. The molecule has 1 atom stereocenters. The van der Waals surface area contributed by atoms with Crippen LogP contribution in [-0.4, -0.2) is 32.3 Å². The van der Waals surface area contributed by atoms with Crippen molar-refractivity contribution >= 4 is 17.4 Å². The summed E-state index contributed by atoms with van der Waals surface area (Å²) in [5.74, 6) is 1.95. The molecule has 0 bridgehead atoms. The molecule has 2 aromatic rings. The van der Waals surface area contributed by atoms with E-state index in [4.69, 9.17) is 0 Å². The van der Waals surface area contributed by atoms with Gasteiger partial charge in [0.05, 0.1) is 0 Å². The van der Waals surface area contributed by atoms with Crippen LogP contribution in [0.15, 0.2) is 30.9 Å². The number of halogens is 1. The van der Waals surface area contributed by atoms with E-state index in [0.717, 1.165) is 11.4 Å². The molecule has 4 nitrogen and oxygen atoms in total. The highest BCUT2D eigenvalue weighted by atomic mass is 32.2. The van der Waals surface area contributed by atoms with Gasteiger partial charge in [-0.1, -0.05) is 13.8 Å². The summed E-state index contributed by atoms with van der Waals surface area (Å²) in [5.41, 5.74) is 1.46. The van der Waals surface area contributed by atoms with E-state index in [1.54, 1.807) is 6.07 Å². The molecular weight excluding hydrogens is 287 g/mol. The van der Waals surface area contributed by atoms with Crippen LogP contribution in [0.2, 0.25) is 0 Å². The van der Waals surface area contributed by atoms with Gasteiger partial charge in [-0.2, -0.15) is 16.9 Å². The molecular formula is C15H19FN4S. The van der Waals surface area contributed by atoms with Gasteiger partial charge < -0.3 is 5.32 Å². The SMILES string of the molecule is CC1(C)CCSCC1Nc1ccc(-n2cncn2)c(F)c1. The van der Waals surface area contributed by atoms with Crippen LogP contribution in [0.4, 0.5) is 10.1 Å². The molecule has 0 saturated carbocycles. The molecule has 1 aliphatic rings. The summed E-state index contributed by atoms with van der Waals surface area (Å²) in [5, 5.41) is 7.44. The minimum atomic E-state index is -0.299. The van der Waals surface area contributed by atoms with E-state index in [1.165, 1.54) is 35.6 Å². The van der Waals surface area contributed by atoms with Crippen molar-refractivity contribution in [2.24, 2.45) is 5.41 Å². The van der Waals surface area contributed by atoms with E-state index in [0.29, 0.717) is 11.7 Å². The maximum atomic E-state index is 14.2. The van der Waals surface area contributed by atoms with E-state index >= 15 is 0 Å². The summed E-state index contributed by atoms with van der Waals surface area (Å²) in [4.78, 5) is 3.84. The molecule has 1 aliphatic heterocycles. The Bertz CT molecular complexity index is 612. The highest BCUT2D eigenvalue weighted by Gasteiger charge is 2.32. The van der Waals surface area contributed by atoms with E-state index in [-0.39, 0.29) is 11.2 Å². The molecule has 1 N–H and O–H groups in total. The zero-order chi connectivity index (χ0) is 14.9. The monoisotopic (exact) mass is 306 g/mol. The van der Waals surface area contributed by atoms with Gasteiger partial charge in [0.1, 0.15) is 18.3 Å². The average Bonchev–Trinajstić information content (AvgIpc) is 2.95. The van der Waals surface area contributed by atoms with Crippen molar-refractivity contribution in [3.63, 3.8) is 0 Å². The smallest absolute Gasteiger partial charge is 0.150 e. The molecule has 1 fully saturated rings. The summed E-state index contributed by atoms with van der Waals surface area (Å²) >= 11 is 1.95. The van der Waals surface area contributed by atoms with Gasteiger partial charge in [0.25, 0.3) is 0 Å². The molecule has 3 rings (SSSR count). The first-order valence-corrected chi connectivity index (χ1v) is 8.20. The average molecular weight is 306 g/mol. The standard InChI is InChI=1S/C15H19FN4S/c1-15(2)5-6-21-8-14(15)19-11-3-4-13(12(16)7-11)20-10-17-9-18-20/h3-4,7,9-10,14,19H,5-6,8H2,1-2H3. The van der Waals surface area contributed by atoms with Crippen molar-refractivity contribution in [3.8, 4) is 5.69 Å². The first kappa shape index (κ1) is 14.4. The highest BCUT2D eigenvalue weighted by molar-refractivity contribution is 7.99. The number of anilines is 1. The molecule has 21 heavy (non-hydrogen) atoms. The van der Waals surface area contributed by atoms with Gasteiger partial charge in [-0.25, -0.2) is 14.1 Å². The molecule has 1 saturated heterocycles. The summed E-state index contributed by atoms with van der Waals surface area (Å²) < 4.78 is 15.7. The first-order chi connectivity index (χ1) is 10.1. The molecule has 112 valence electrons. The third-order valence-electron chi connectivity index (χ3n) is 4.07. The second-order valence-corrected chi connectivity index (χ2v) is 7.17. The second kappa shape index (κ2) is 5.67. The van der Waals surface area contributed by atoms with E-state index in [2.05, 4.69) is 29.2 Å². The van der Waals surface area contributed by atoms with E-state index < -0.39 is 0 Å². The zero-order valence-corrected chi connectivity index (χ0v) is 13.0. The fourth-order valence-electron chi connectivity index (χ4n) is 2.49. The molecule has 1 aromatic carbocycles. The van der Waals surface area contributed by atoms with E-state index in [1.807, 2.05) is 17.8 Å². The Hall–Kier alpha value is -1.56. The Morgan fingerprint density at radius 1 is 1.43 bits per heavy atom. The lowest BCUT2D eigenvalue weighted by atomic mass is 9.82. The predicted molar refractivity (Wildman–Crippen MR) is 84.5 cm³/mol. The first-order valence-electron chi connectivity index (χ1n) is 7.05. The molecule has 6 heteroatoms. The molecule has 1 unspecified atom stereocenters. The van der Waals surface area contributed by atoms with Gasteiger partial charge in [0.2, 0.25) is 0 Å². The number of thioether (sulfide) groups is 1. The number of nitrogens with one attached hydrogen (secondary N) is 1. The minimum Gasteiger partial charge on any atom is -0.381 e. The van der Waals surface area contributed by atoms with Gasteiger partial charge in [-0.15, -0.1) is 0 Å². The predicted octanol–water partition coefficient (Wildman–Crippen LogP) is 3.35. The Morgan fingerprint density at radius 2 is 2.29 bits per heavy atom. The fourth-order valence-corrected chi connectivity index (χ4v) is 4.10. The molecule has 0 spiro atoms. The number of aromatic nitrogens is 3. The van der Waals surface area contributed by atoms with Gasteiger partial charge in [-0.05, 0) is 35.8 Å². The zero-order valence-electron chi connectivity index (χ0n) is 12.2. The van der Waals surface area contributed by atoms with Gasteiger partial charge >= 0.3 is 0 Å². The third-order valence-corrected chi connectivity index (χ3v) is 5.13. The number of nitrogens with zero attached hydrogens (tertiary/aromatic N) is 3. The van der Waals surface area contributed by atoms with Gasteiger partial charge in [-0.3, -0.25) is 0 Å². The topological polar surface area (TPSA) is 42.7 Å². The Labute approximate surface area is 128 Å². The van der Waals surface area contributed by atoms with Crippen molar-refractivity contribution in [3.05, 3.63) is 36.7 Å². The van der Waals surface area contributed by atoms with Gasteiger partial charge in [0, 0.05) is 17.5 Å². The van der Waals surface area contributed by atoms with Crippen LogP contribution in [0.1, 0.15) is 20.3 Å². The summed E-state index contributed by atoms with van der Waals surface area (Å²) in [6.45, 7) is 4.54. The van der Waals surface area contributed by atoms with Gasteiger partial charge in [0.15, 0.2) is 5.82 Å². The van der Waals surface area contributed by atoms with Crippen molar-refractivity contribution < 1.29 is 4.39 Å². The van der Waals surface area contributed by atoms with Crippen LogP contribution in [0, 0.1) is 11.2 Å². The lowest BCUT2D eigenvalue weighted by molar-refractivity contribution is 0.305. The van der Waals surface area contributed by atoms with Crippen molar-refractivity contribution in [1.82, 2.24) is 14.8 Å².